The van der Waals surface area contributed by atoms with Gasteiger partial charge in [0.2, 0.25) is 0 Å². The van der Waals surface area contributed by atoms with Crippen molar-refractivity contribution in [2.24, 2.45) is 0 Å². The first-order chi connectivity index (χ1) is 16.8. The van der Waals surface area contributed by atoms with E-state index in [4.69, 9.17) is 9.15 Å². The molecule has 0 aliphatic rings. The molecule has 0 N–H and O–H groups in total. The fraction of sp³-hybridized carbons (Fsp3) is 0.391. The maximum Gasteiger partial charge on any atom is 0.436 e. The second kappa shape index (κ2) is 11.2. The number of esters is 1. The van der Waals surface area contributed by atoms with Crippen LogP contribution in [0.3, 0.4) is 0 Å². The first-order valence-corrected chi connectivity index (χ1v) is 13.7. The van der Waals surface area contributed by atoms with Crippen LogP contribution < -0.4 is 0 Å². The second-order valence-corrected chi connectivity index (χ2v) is 10.7. The standard InChI is InChI=1S/C23H25BrF3N3O5S/c1-4-29(5-2)11-12-34-19(31)14-30-21(20(24)22(28-30)23(25,26)27)18-10-9-17(35-18)15-7-6-8-16(13-15)36(3,32)33/h6-10,13H,4-5,11-12,14H2,1-3H3. The maximum absolute atomic E-state index is 13.6. The van der Waals surface area contributed by atoms with Crippen molar-refractivity contribution in [3.8, 4) is 22.8 Å². The summed E-state index contributed by atoms with van der Waals surface area (Å²) in [6.07, 6.45) is -3.72. The molecule has 0 atom stereocenters. The van der Waals surface area contributed by atoms with Crippen LogP contribution in [0.15, 0.2) is 50.2 Å². The lowest BCUT2D eigenvalue weighted by atomic mass is 10.2. The van der Waals surface area contributed by atoms with Crippen LogP contribution in [0.2, 0.25) is 0 Å². The summed E-state index contributed by atoms with van der Waals surface area (Å²) in [6.45, 7) is 5.49. The number of carbonyl (C=O) groups excluding carboxylic acids is 1. The van der Waals surface area contributed by atoms with E-state index in [2.05, 4.69) is 21.0 Å². The highest BCUT2D eigenvalue weighted by atomic mass is 79.9. The zero-order valence-electron chi connectivity index (χ0n) is 19.8. The Balaban J connectivity index is 1.93. The van der Waals surface area contributed by atoms with Crippen LogP contribution in [-0.2, 0) is 32.1 Å². The van der Waals surface area contributed by atoms with E-state index in [1.54, 1.807) is 6.07 Å². The van der Waals surface area contributed by atoms with Gasteiger partial charge in [0.15, 0.2) is 21.3 Å². The summed E-state index contributed by atoms with van der Waals surface area (Å²) >= 11 is 2.96. The Morgan fingerprint density at radius 2 is 1.83 bits per heavy atom. The molecular formula is C23H25BrF3N3O5S. The smallest absolute Gasteiger partial charge is 0.436 e. The number of ether oxygens (including phenoxy) is 1. The molecular weight excluding hydrogens is 567 g/mol. The summed E-state index contributed by atoms with van der Waals surface area (Å²) in [6, 6.07) is 8.89. The van der Waals surface area contributed by atoms with Crippen molar-refractivity contribution in [3.63, 3.8) is 0 Å². The number of halogens is 4. The first-order valence-electron chi connectivity index (χ1n) is 11.0. The van der Waals surface area contributed by atoms with Gasteiger partial charge in [-0.15, -0.1) is 0 Å². The normalized spacial score (nSPS) is 12.3. The predicted octanol–water partition coefficient (Wildman–Crippen LogP) is 4.88. The van der Waals surface area contributed by atoms with Crippen molar-refractivity contribution in [2.45, 2.75) is 31.5 Å². The van der Waals surface area contributed by atoms with Crippen LogP contribution in [0.25, 0.3) is 22.8 Å². The first kappa shape index (κ1) is 27.9. The van der Waals surface area contributed by atoms with E-state index in [0.717, 1.165) is 24.0 Å². The molecule has 1 aromatic carbocycles. The fourth-order valence-electron chi connectivity index (χ4n) is 3.47. The highest BCUT2D eigenvalue weighted by Crippen LogP contribution is 2.41. The molecule has 0 saturated carbocycles. The van der Waals surface area contributed by atoms with E-state index in [1.807, 2.05) is 18.7 Å². The molecule has 2 aromatic heterocycles. The average molecular weight is 592 g/mol. The molecule has 196 valence electrons. The van der Waals surface area contributed by atoms with Gasteiger partial charge >= 0.3 is 12.1 Å². The Morgan fingerprint density at radius 1 is 1.17 bits per heavy atom. The molecule has 2 heterocycles. The number of likely N-dealkylation sites (N-methyl/N-ethyl adjacent to an activating group) is 1. The van der Waals surface area contributed by atoms with Crippen LogP contribution in [0, 0.1) is 0 Å². The van der Waals surface area contributed by atoms with Gasteiger partial charge in [-0.2, -0.15) is 18.3 Å². The minimum atomic E-state index is -4.79. The fourth-order valence-corrected chi connectivity index (χ4v) is 4.84. The third-order valence-corrected chi connectivity index (χ3v) is 7.25. The zero-order valence-corrected chi connectivity index (χ0v) is 22.2. The van der Waals surface area contributed by atoms with Gasteiger partial charge < -0.3 is 14.1 Å². The molecule has 36 heavy (non-hydrogen) atoms. The Bertz CT molecular complexity index is 1330. The van der Waals surface area contributed by atoms with Crippen molar-refractivity contribution in [1.82, 2.24) is 14.7 Å². The number of alkyl halides is 3. The lowest BCUT2D eigenvalue weighted by Gasteiger charge is -2.17. The molecule has 0 unspecified atom stereocenters. The molecule has 0 bridgehead atoms. The van der Waals surface area contributed by atoms with Crippen molar-refractivity contribution in [3.05, 3.63) is 46.6 Å². The number of nitrogens with zero attached hydrogens (tertiary/aromatic N) is 3. The van der Waals surface area contributed by atoms with Gasteiger partial charge in [-0.1, -0.05) is 26.0 Å². The average Bonchev–Trinajstić information content (AvgIpc) is 3.40. The van der Waals surface area contributed by atoms with Gasteiger partial charge in [0.05, 0.1) is 9.37 Å². The van der Waals surface area contributed by atoms with Crippen LogP contribution in [0.4, 0.5) is 13.2 Å². The Morgan fingerprint density at radius 3 is 2.44 bits per heavy atom. The number of hydrogen-bond acceptors (Lipinski definition) is 7. The van der Waals surface area contributed by atoms with Crippen LogP contribution in [0.5, 0.6) is 0 Å². The van der Waals surface area contributed by atoms with Gasteiger partial charge in [0.25, 0.3) is 0 Å². The molecule has 0 fully saturated rings. The third-order valence-electron chi connectivity index (χ3n) is 5.39. The van der Waals surface area contributed by atoms with Gasteiger partial charge in [-0.3, -0.25) is 4.79 Å². The van der Waals surface area contributed by atoms with Crippen LogP contribution in [0.1, 0.15) is 19.5 Å². The number of furan rings is 1. The molecule has 8 nitrogen and oxygen atoms in total. The number of hydrogen-bond donors (Lipinski definition) is 0. The molecule has 0 amide bonds. The minimum absolute atomic E-state index is 0.000532. The van der Waals surface area contributed by atoms with Gasteiger partial charge in [0.1, 0.15) is 24.6 Å². The molecule has 0 radical (unpaired) electrons. The number of benzene rings is 1. The topological polar surface area (TPSA) is 94.6 Å². The molecule has 0 spiro atoms. The lowest BCUT2D eigenvalue weighted by Crippen LogP contribution is -2.28. The summed E-state index contributed by atoms with van der Waals surface area (Å²) in [7, 11) is -3.48. The molecule has 3 rings (SSSR count). The zero-order chi connectivity index (χ0) is 26.7. The van der Waals surface area contributed by atoms with E-state index in [-0.39, 0.29) is 28.7 Å². The van der Waals surface area contributed by atoms with Gasteiger partial charge in [-0.25, -0.2) is 13.1 Å². The Hall–Kier alpha value is -2.64. The van der Waals surface area contributed by atoms with E-state index >= 15 is 0 Å². The largest absolute Gasteiger partial charge is 0.463 e. The molecule has 0 aliphatic carbocycles. The summed E-state index contributed by atoms with van der Waals surface area (Å²) in [4.78, 5) is 14.5. The number of carbonyl (C=O) groups is 1. The monoisotopic (exact) mass is 591 g/mol. The summed E-state index contributed by atoms with van der Waals surface area (Å²) < 4.78 is 75.9. The van der Waals surface area contributed by atoms with Crippen molar-refractivity contribution in [1.29, 1.82) is 0 Å². The second-order valence-electron chi connectivity index (χ2n) is 7.88. The highest BCUT2D eigenvalue weighted by Gasteiger charge is 2.39. The Kier molecular flexibility index (Phi) is 8.67. The van der Waals surface area contributed by atoms with Crippen LogP contribution >= 0.6 is 15.9 Å². The maximum atomic E-state index is 13.6. The number of rotatable bonds is 10. The van der Waals surface area contributed by atoms with Crippen molar-refractivity contribution in [2.75, 3.05) is 32.5 Å². The van der Waals surface area contributed by atoms with Gasteiger partial charge in [0, 0.05) is 18.4 Å². The summed E-state index contributed by atoms with van der Waals surface area (Å²) in [5.74, 6) is -0.522. The van der Waals surface area contributed by atoms with Crippen LogP contribution in [-0.4, -0.2) is 61.6 Å². The summed E-state index contributed by atoms with van der Waals surface area (Å²) in [5.41, 5.74) is -0.905. The van der Waals surface area contributed by atoms with Crippen molar-refractivity contribution >= 4 is 31.7 Å². The molecule has 13 heteroatoms. The molecule has 0 aliphatic heterocycles. The van der Waals surface area contributed by atoms with E-state index < -0.39 is 38.7 Å². The van der Waals surface area contributed by atoms with E-state index in [9.17, 15) is 26.4 Å². The van der Waals surface area contributed by atoms with Gasteiger partial charge in [-0.05, 0) is 53.3 Å². The third kappa shape index (κ3) is 6.56. The SMILES string of the molecule is CCN(CC)CCOC(=O)Cn1nc(C(F)(F)F)c(Br)c1-c1ccc(-c2cccc(S(C)(=O)=O)c2)o1. The molecule has 0 saturated heterocycles. The van der Waals surface area contributed by atoms with E-state index in [0.29, 0.717) is 12.1 Å². The number of sulfone groups is 1. The van der Waals surface area contributed by atoms with Crippen molar-refractivity contribution < 1.29 is 35.5 Å². The lowest BCUT2D eigenvalue weighted by molar-refractivity contribution is -0.146. The highest BCUT2D eigenvalue weighted by molar-refractivity contribution is 9.10. The Labute approximate surface area is 215 Å². The predicted molar refractivity (Wildman–Crippen MR) is 130 cm³/mol. The van der Waals surface area contributed by atoms with E-state index in [1.165, 1.54) is 30.3 Å². The molecule has 3 aromatic rings. The summed E-state index contributed by atoms with van der Waals surface area (Å²) in [5, 5.41) is 3.60. The quantitative estimate of drug-likeness (QED) is 0.310. The minimum Gasteiger partial charge on any atom is -0.463 e. The number of aromatic nitrogens is 2.